The molecule has 1 aromatic carbocycles. The van der Waals surface area contributed by atoms with Gasteiger partial charge in [0.15, 0.2) is 0 Å². The maximum absolute atomic E-state index is 12.9. The van der Waals surface area contributed by atoms with Crippen molar-refractivity contribution in [1.82, 2.24) is 0 Å². The van der Waals surface area contributed by atoms with E-state index in [9.17, 15) is 9.18 Å². The first-order chi connectivity index (χ1) is 7.16. The molecule has 2 nitrogen and oxygen atoms in total. The molecule has 1 heterocycles. The SMILES string of the molecule is O=C1OCCC1Cc1ccc(F)c(Cl)c1. The molecule has 80 valence electrons. The number of cyclic esters (lactones) is 1. The highest BCUT2D eigenvalue weighted by molar-refractivity contribution is 6.30. The highest BCUT2D eigenvalue weighted by atomic mass is 35.5. The normalized spacial score (nSPS) is 20.4. The first kappa shape index (κ1) is 10.4. The Balaban J connectivity index is 2.10. The van der Waals surface area contributed by atoms with E-state index in [0.717, 1.165) is 12.0 Å². The summed E-state index contributed by atoms with van der Waals surface area (Å²) in [6, 6.07) is 4.52. The number of rotatable bonds is 2. The maximum Gasteiger partial charge on any atom is 0.309 e. The van der Waals surface area contributed by atoms with E-state index >= 15 is 0 Å². The van der Waals surface area contributed by atoms with Crippen LogP contribution in [0, 0.1) is 11.7 Å². The summed E-state index contributed by atoms with van der Waals surface area (Å²) in [6.07, 6.45) is 1.30. The Labute approximate surface area is 92.0 Å². The fourth-order valence-electron chi connectivity index (χ4n) is 1.67. The van der Waals surface area contributed by atoms with Crippen LogP contribution in [0.15, 0.2) is 18.2 Å². The molecule has 1 saturated heterocycles. The van der Waals surface area contributed by atoms with Crippen LogP contribution in [0.1, 0.15) is 12.0 Å². The van der Waals surface area contributed by atoms with Crippen molar-refractivity contribution >= 4 is 17.6 Å². The summed E-state index contributed by atoms with van der Waals surface area (Å²) >= 11 is 5.64. The summed E-state index contributed by atoms with van der Waals surface area (Å²) in [4.78, 5) is 11.2. The van der Waals surface area contributed by atoms with E-state index < -0.39 is 5.82 Å². The number of esters is 1. The standard InChI is InChI=1S/C11H10ClFO2/c12-9-6-7(1-2-10(9)13)5-8-3-4-15-11(8)14/h1-2,6,8H,3-5H2. The summed E-state index contributed by atoms with van der Waals surface area (Å²) in [7, 11) is 0. The van der Waals surface area contributed by atoms with Crippen LogP contribution in [0.3, 0.4) is 0 Å². The fraction of sp³-hybridized carbons (Fsp3) is 0.364. The van der Waals surface area contributed by atoms with Gasteiger partial charge in [0.2, 0.25) is 0 Å². The van der Waals surface area contributed by atoms with Crippen LogP contribution in [0.25, 0.3) is 0 Å². The van der Waals surface area contributed by atoms with Gasteiger partial charge in [0.05, 0.1) is 17.5 Å². The summed E-state index contributed by atoms with van der Waals surface area (Å²) < 4.78 is 17.7. The van der Waals surface area contributed by atoms with Crippen LogP contribution in [0.2, 0.25) is 5.02 Å². The molecule has 1 aromatic rings. The molecular weight excluding hydrogens is 219 g/mol. The lowest BCUT2D eigenvalue weighted by molar-refractivity contribution is -0.141. The molecule has 1 fully saturated rings. The fourth-order valence-corrected chi connectivity index (χ4v) is 1.88. The van der Waals surface area contributed by atoms with Crippen molar-refractivity contribution in [3.05, 3.63) is 34.6 Å². The van der Waals surface area contributed by atoms with Crippen molar-refractivity contribution in [3.8, 4) is 0 Å². The number of carbonyl (C=O) groups excluding carboxylic acids is 1. The summed E-state index contributed by atoms with van der Waals surface area (Å²) in [5, 5.41) is 0.0962. The highest BCUT2D eigenvalue weighted by Crippen LogP contribution is 2.22. The number of ether oxygens (including phenoxy) is 1. The van der Waals surface area contributed by atoms with Crippen LogP contribution in [-0.4, -0.2) is 12.6 Å². The molecule has 2 rings (SSSR count). The van der Waals surface area contributed by atoms with Gasteiger partial charge in [-0.3, -0.25) is 4.79 Å². The predicted octanol–water partition coefficient (Wildman–Crippen LogP) is 2.58. The Morgan fingerprint density at radius 1 is 1.53 bits per heavy atom. The van der Waals surface area contributed by atoms with Crippen LogP contribution < -0.4 is 0 Å². The van der Waals surface area contributed by atoms with Gasteiger partial charge in [-0.2, -0.15) is 0 Å². The number of hydrogen-bond acceptors (Lipinski definition) is 2. The zero-order chi connectivity index (χ0) is 10.8. The van der Waals surface area contributed by atoms with E-state index in [1.807, 2.05) is 0 Å². The molecule has 1 atom stereocenters. The maximum atomic E-state index is 12.9. The van der Waals surface area contributed by atoms with Crippen LogP contribution >= 0.6 is 11.6 Å². The Morgan fingerprint density at radius 3 is 2.93 bits per heavy atom. The summed E-state index contributed by atoms with van der Waals surface area (Å²) in [5.41, 5.74) is 0.866. The molecule has 0 aliphatic carbocycles. The minimum Gasteiger partial charge on any atom is -0.465 e. The topological polar surface area (TPSA) is 26.3 Å². The van der Waals surface area contributed by atoms with Gasteiger partial charge in [-0.1, -0.05) is 17.7 Å². The molecule has 0 bridgehead atoms. The molecule has 15 heavy (non-hydrogen) atoms. The molecule has 1 aliphatic heterocycles. The lowest BCUT2D eigenvalue weighted by atomic mass is 9.98. The molecule has 4 heteroatoms. The van der Waals surface area contributed by atoms with Gasteiger partial charge in [-0.15, -0.1) is 0 Å². The van der Waals surface area contributed by atoms with Gasteiger partial charge in [-0.25, -0.2) is 4.39 Å². The van der Waals surface area contributed by atoms with Crippen molar-refractivity contribution in [2.75, 3.05) is 6.61 Å². The second-order valence-corrected chi connectivity index (χ2v) is 4.01. The van der Waals surface area contributed by atoms with Crippen molar-refractivity contribution in [2.45, 2.75) is 12.8 Å². The molecule has 1 aliphatic rings. The van der Waals surface area contributed by atoms with Gasteiger partial charge in [-0.05, 0) is 30.5 Å². The summed E-state index contributed by atoms with van der Waals surface area (Å²) in [6.45, 7) is 0.485. The molecular formula is C11H10ClFO2. The molecule has 1 unspecified atom stereocenters. The summed E-state index contributed by atoms with van der Waals surface area (Å²) in [5.74, 6) is -0.712. The molecule has 0 amide bonds. The average molecular weight is 229 g/mol. The van der Waals surface area contributed by atoms with Gasteiger partial charge < -0.3 is 4.74 Å². The quantitative estimate of drug-likeness (QED) is 0.728. The number of benzene rings is 1. The third-order valence-electron chi connectivity index (χ3n) is 2.51. The zero-order valence-electron chi connectivity index (χ0n) is 8.00. The van der Waals surface area contributed by atoms with Crippen molar-refractivity contribution in [2.24, 2.45) is 5.92 Å². The van der Waals surface area contributed by atoms with Crippen molar-refractivity contribution in [1.29, 1.82) is 0 Å². The Morgan fingerprint density at radius 2 is 2.33 bits per heavy atom. The van der Waals surface area contributed by atoms with E-state index in [2.05, 4.69) is 0 Å². The van der Waals surface area contributed by atoms with Gasteiger partial charge >= 0.3 is 5.97 Å². The highest BCUT2D eigenvalue weighted by Gasteiger charge is 2.26. The van der Waals surface area contributed by atoms with Gasteiger partial charge in [0.25, 0.3) is 0 Å². The smallest absolute Gasteiger partial charge is 0.309 e. The monoisotopic (exact) mass is 228 g/mol. The van der Waals surface area contributed by atoms with Gasteiger partial charge in [0, 0.05) is 0 Å². The Kier molecular flexibility index (Phi) is 2.91. The van der Waals surface area contributed by atoms with E-state index in [1.54, 1.807) is 12.1 Å². The van der Waals surface area contributed by atoms with E-state index in [0.29, 0.717) is 13.0 Å². The minimum absolute atomic E-state index is 0.0962. The Bertz CT molecular complexity index is 392. The third-order valence-corrected chi connectivity index (χ3v) is 2.80. The minimum atomic E-state index is -0.436. The average Bonchev–Trinajstić information content (AvgIpc) is 2.59. The largest absolute Gasteiger partial charge is 0.465 e. The second kappa shape index (κ2) is 4.19. The first-order valence-electron chi connectivity index (χ1n) is 4.77. The van der Waals surface area contributed by atoms with Crippen LogP contribution in [-0.2, 0) is 16.0 Å². The molecule has 0 radical (unpaired) electrons. The Hall–Kier alpha value is -1.09. The van der Waals surface area contributed by atoms with Crippen LogP contribution in [0.5, 0.6) is 0 Å². The van der Waals surface area contributed by atoms with Crippen molar-refractivity contribution in [3.63, 3.8) is 0 Å². The number of halogens is 2. The number of carbonyl (C=O) groups is 1. The zero-order valence-corrected chi connectivity index (χ0v) is 8.76. The first-order valence-corrected chi connectivity index (χ1v) is 5.15. The van der Waals surface area contributed by atoms with E-state index in [4.69, 9.17) is 16.3 Å². The molecule has 0 N–H and O–H groups in total. The van der Waals surface area contributed by atoms with Crippen LogP contribution in [0.4, 0.5) is 4.39 Å². The molecule has 0 spiro atoms. The second-order valence-electron chi connectivity index (χ2n) is 3.61. The van der Waals surface area contributed by atoms with Gasteiger partial charge in [0.1, 0.15) is 5.82 Å². The number of hydrogen-bond donors (Lipinski definition) is 0. The predicted molar refractivity (Wildman–Crippen MR) is 54.2 cm³/mol. The third kappa shape index (κ3) is 2.29. The molecule has 0 aromatic heterocycles. The van der Waals surface area contributed by atoms with E-state index in [1.165, 1.54) is 6.07 Å². The molecule has 0 saturated carbocycles. The lowest BCUT2D eigenvalue weighted by Gasteiger charge is -2.06. The van der Waals surface area contributed by atoms with E-state index in [-0.39, 0.29) is 16.9 Å². The van der Waals surface area contributed by atoms with Crippen molar-refractivity contribution < 1.29 is 13.9 Å². The lowest BCUT2D eigenvalue weighted by Crippen LogP contribution is -2.10.